The van der Waals surface area contributed by atoms with Gasteiger partial charge in [-0.05, 0) is 63.3 Å². The van der Waals surface area contributed by atoms with Gasteiger partial charge in [0.05, 0.1) is 35.4 Å². The number of hydrogen-bond donors (Lipinski definition) is 2. The predicted molar refractivity (Wildman–Crippen MR) is 141 cm³/mol. The molecule has 5 rings (SSSR count). The van der Waals surface area contributed by atoms with E-state index in [2.05, 4.69) is 20.2 Å². The van der Waals surface area contributed by atoms with Crippen molar-refractivity contribution in [3.05, 3.63) is 47.5 Å². The molecule has 2 fully saturated rings. The molecule has 37 heavy (non-hydrogen) atoms. The number of hydrogen-bond acceptors (Lipinski definition) is 7. The van der Waals surface area contributed by atoms with Crippen LogP contribution in [0.5, 0.6) is 11.5 Å². The zero-order valence-corrected chi connectivity index (χ0v) is 21.5. The minimum atomic E-state index is -0.548. The van der Waals surface area contributed by atoms with Gasteiger partial charge in [0.15, 0.2) is 17.3 Å². The highest BCUT2D eigenvalue weighted by molar-refractivity contribution is 6.31. The summed E-state index contributed by atoms with van der Waals surface area (Å²) in [6.07, 6.45) is 7.13. The van der Waals surface area contributed by atoms with Gasteiger partial charge in [-0.15, -0.1) is 0 Å². The number of amides is 1. The van der Waals surface area contributed by atoms with Crippen LogP contribution in [0.1, 0.15) is 38.5 Å². The van der Waals surface area contributed by atoms with E-state index in [1.807, 2.05) is 6.07 Å². The number of piperidine rings is 1. The highest BCUT2D eigenvalue weighted by atomic mass is 35.5. The summed E-state index contributed by atoms with van der Waals surface area (Å²) in [5, 5.41) is 3.74. The fraction of sp³-hybridized carbons (Fsp3) is 0.444. The van der Waals surface area contributed by atoms with Gasteiger partial charge in [0.25, 0.3) is 0 Å². The number of methoxy groups -OCH3 is 1. The van der Waals surface area contributed by atoms with Crippen LogP contribution in [0.15, 0.2) is 36.7 Å². The van der Waals surface area contributed by atoms with E-state index in [0.717, 1.165) is 51.6 Å². The zero-order chi connectivity index (χ0) is 25.9. The van der Waals surface area contributed by atoms with Crippen LogP contribution in [0.25, 0.3) is 10.9 Å². The quantitative estimate of drug-likeness (QED) is 0.442. The lowest BCUT2D eigenvalue weighted by atomic mass is 9.88. The molecule has 1 aliphatic carbocycles. The van der Waals surface area contributed by atoms with Crippen molar-refractivity contribution in [1.82, 2.24) is 14.9 Å². The Bertz CT molecular complexity index is 1280. The molecule has 196 valence electrons. The first-order chi connectivity index (χ1) is 17.9. The molecule has 1 saturated carbocycles. The molecule has 8 nitrogen and oxygen atoms in total. The van der Waals surface area contributed by atoms with Crippen LogP contribution in [-0.2, 0) is 4.79 Å². The number of aromatic nitrogens is 2. The number of carbonyl (C=O) groups excluding carboxylic acids is 1. The molecule has 3 aromatic rings. The van der Waals surface area contributed by atoms with Gasteiger partial charge < -0.3 is 20.5 Å². The van der Waals surface area contributed by atoms with Crippen molar-refractivity contribution >= 4 is 39.9 Å². The Kier molecular flexibility index (Phi) is 7.62. The lowest BCUT2D eigenvalue weighted by molar-refractivity contribution is -0.123. The number of carbonyl (C=O) groups is 1. The molecule has 0 unspecified atom stereocenters. The predicted octanol–water partition coefficient (Wildman–Crippen LogP) is 5.06. The Hall–Kier alpha value is -3.17. The molecule has 1 amide bonds. The van der Waals surface area contributed by atoms with E-state index in [-0.39, 0.29) is 28.6 Å². The number of nitrogens with one attached hydrogen (secondary N) is 1. The smallest absolute Gasteiger partial charge is 0.221 e. The van der Waals surface area contributed by atoms with Crippen LogP contribution in [0, 0.1) is 11.7 Å². The van der Waals surface area contributed by atoms with E-state index in [1.54, 1.807) is 25.3 Å². The molecule has 2 aromatic carbocycles. The second kappa shape index (κ2) is 11.1. The number of primary amides is 1. The number of likely N-dealkylation sites (tertiary alicyclic amines) is 1. The largest absolute Gasteiger partial charge is 0.493 e. The summed E-state index contributed by atoms with van der Waals surface area (Å²) in [6, 6.07) is 8.85. The van der Waals surface area contributed by atoms with Crippen LogP contribution in [0.4, 0.5) is 15.9 Å². The van der Waals surface area contributed by atoms with Gasteiger partial charge in [-0.2, -0.15) is 0 Å². The molecular formula is C27H31ClFN5O3. The summed E-state index contributed by atoms with van der Waals surface area (Å²) in [7, 11) is 1.60. The van der Waals surface area contributed by atoms with Gasteiger partial charge in [0.2, 0.25) is 5.91 Å². The third kappa shape index (κ3) is 5.57. The number of anilines is 2. The third-order valence-electron chi connectivity index (χ3n) is 7.43. The summed E-state index contributed by atoms with van der Waals surface area (Å²) < 4.78 is 26.5. The van der Waals surface area contributed by atoms with Crippen LogP contribution >= 0.6 is 11.6 Å². The molecule has 1 aromatic heterocycles. The monoisotopic (exact) mass is 527 g/mol. The normalized spacial score (nSPS) is 22.5. The number of ether oxygens (including phenoxy) is 2. The molecule has 2 aliphatic rings. The minimum absolute atomic E-state index is 0.0272. The van der Waals surface area contributed by atoms with Crippen molar-refractivity contribution < 1.29 is 18.7 Å². The second-order valence-electron chi connectivity index (χ2n) is 9.75. The van der Waals surface area contributed by atoms with E-state index < -0.39 is 5.82 Å². The number of nitrogens with zero attached hydrogens (tertiary/aromatic N) is 3. The van der Waals surface area contributed by atoms with E-state index in [9.17, 15) is 9.18 Å². The molecule has 3 N–H and O–H groups in total. The van der Waals surface area contributed by atoms with Gasteiger partial charge in [-0.3, -0.25) is 9.69 Å². The van der Waals surface area contributed by atoms with E-state index >= 15 is 0 Å². The topological polar surface area (TPSA) is 103 Å². The summed E-state index contributed by atoms with van der Waals surface area (Å²) in [5.74, 6) is 0.823. The fourth-order valence-electron chi connectivity index (χ4n) is 5.42. The average Bonchev–Trinajstić information content (AvgIpc) is 2.91. The summed E-state index contributed by atoms with van der Waals surface area (Å²) in [6.45, 7) is 1.77. The van der Waals surface area contributed by atoms with Gasteiger partial charge >= 0.3 is 0 Å². The van der Waals surface area contributed by atoms with Gasteiger partial charge in [-0.1, -0.05) is 17.7 Å². The summed E-state index contributed by atoms with van der Waals surface area (Å²) >= 11 is 5.94. The van der Waals surface area contributed by atoms with Crippen molar-refractivity contribution in [2.75, 3.05) is 25.5 Å². The summed E-state index contributed by atoms with van der Waals surface area (Å²) in [5.41, 5.74) is 6.43. The lowest BCUT2D eigenvalue weighted by Gasteiger charge is -2.40. The lowest BCUT2D eigenvalue weighted by Crippen LogP contribution is -2.47. The maximum atomic E-state index is 14.5. The number of benzene rings is 2. The van der Waals surface area contributed by atoms with Gasteiger partial charge in [0, 0.05) is 24.0 Å². The molecule has 0 spiro atoms. The summed E-state index contributed by atoms with van der Waals surface area (Å²) in [4.78, 5) is 22.8. The third-order valence-corrected chi connectivity index (χ3v) is 7.73. The van der Waals surface area contributed by atoms with Crippen LogP contribution in [0.2, 0.25) is 5.02 Å². The molecule has 1 saturated heterocycles. The standard InChI is InChI=1S/C27H31ClFN5O3/c1-36-23-13-22-19(27(32-15-31-22)33-21-6-2-5-20(28)25(21)29)12-24(23)37-18-9-7-17(8-10-18)34-11-3-4-16(14-34)26(30)35/h2,5-6,12-13,15-18H,3-4,7-11,14H2,1H3,(H2,30,35)(H,31,32,33)/t16-,17?,18?/m0/s1. The maximum Gasteiger partial charge on any atom is 0.221 e. The van der Waals surface area contributed by atoms with Gasteiger partial charge in [0.1, 0.15) is 12.1 Å². The second-order valence-corrected chi connectivity index (χ2v) is 10.2. The molecule has 0 bridgehead atoms. The first-order valence-corrected chi connectivity index (χ1v) is 13.0. The molecule has 1 aliphatic heterocycles. The molecule has 10 heteroatoms. The van der Waals surface area contributed by atoms with E-state index in [1.165, 1.54) is 12.4 Å². The number of fused-ring (bicyclic) bond motifs is 1. The average molecular weight is 528 g/mol. The van der Waals surface area contributed by atoms with Crippen molar-refractivity contribution in [3.8, 4) is 11.5 Å². The Morgan fingerprint density at radius 3 is 2.73 bits per heavy atom. The zero-order valence-electron chi connectivity index (χ0n) is 20.8. The van der Waals surface area contributed by atoms with Crippen LogP contribution in [0.3, 0.4) is 0 Å². The number of nitrogens with two attached hydrogens (primary N) is 1. The van der Waals surface area contributed by atoms with E-state index in [0.29, 0.717) is 34.3 Å². The van der Waals surface area contributed by atoms with Crippen LogP contribution in [-0.4, -0.2) is 53.1 Å². The Morgan fingerprint density at radius 1 is 1.16 bits per heavy atom. The fourth-order valence-corrected chi connectivity index (χ4v) is 5.60. The molecule has 1 atom stereocenters. The molecule has 0 radical (unpaired) electrons. The van der Waals surface area contributed by atoms with Crippen molar-refractivity contribution in [3.63, 3.8) is 0 Å². The molecule has 2 heterocycles. The Balaban J connectivity index is 1.31. The number of rotatable bonds is 7. The first kappa shape index (κ1) is 25.5. The SMILES string of the molecule is COc1cc2ncnc(Nc3cccc(Cl)c3F)c2cc1OC1CCC(N2CCC[C@H](C(N)=O)C2)CC1. The Labute approximate surface area is 220 Å². The molecular weight excluding hydrogens is 497 g/mol. The van der Waals surface area contributed by atoms with Crippen LogP contribution < -0.4 is 20.5 Å². The first-order valence-electron chi connectivity index (χ1n) is 12.7. The maximum absolute atomic E-state index is 14.5. The van der Waals surface area contributed by atoms with Crippen molar-refractivity contribution in [2.45, 2.75) is 50.7 Å². The van der Waals surface area contributed by atoms with Gasteiger partial charge in [-0.25, -0.2) is 14.4 Å². The highest BCUT2D eigenvalue weighted by Gasteiger charge is 2.32. The Morgan fingerprint density at radius 2 is 1.97 bits per heavy atom. The number of halogens is 2. The van der Waals surface area contributed by atoms with E-state index in [4.69, 9.17) is 26.8 Å². The van der Waals surface area contributed by atoms with Crippen molar-refractivity contribution in [1.29, 1.82) is 0 Å². The minimum Gasteiger partial charge on any atom is -0.493 e. The van der Waals surface area contributed by atoms with Crippen molar-refractivity contribution in [2.24, 2.45) is 11.7 Å². The highest BCUT2D eigenvalue weighted by Crippen LogP contribution is 2.38.